The van der Waals surface area contributed by atoms with Gasteiger partial charge in [-0.1, -0.05) is 6.92 Å². The molecular formula is C13H23ClN4O3S. The normalized spacial score (nSPS) is 14.9. The summed E-state index contributed by atoms with van der Waals surface area (Å²) in [7, 11) is -3.57. The van der Waals surface area contributed by atoms with Crippen LogP contribution in [0.5, 0.6) is 0 Å². The highest BCUT2D eigenvalue weighted by Gasteiger charge is 2.23. The van der Waals surface area contributed by atoms with Crippen molar-refractivity contribution in [1.82, 2.24) is 19.9 Å². The smallest absolute Gasteiger partial charge is 0.270 e. The molecule has 0 unspecified atom stereocenters. The molecule has 0 radical (unpaired) electrons. The summed E-state index contributed by atoms with van der Waals surface area (Å²) in [5.74, 6) is -0.137. The number of hydrogen-bond donors (Lipinski definition) is 3. The minimum atomic E-state index is -3.57. The highest BCUT2D eigenvalue weighted by molar-refractivity contribution is 7.89. The van der Waals surface area contributed by atoms with Crippen molar-refractivity contribution in [2.45, 2.75) is 24.7 Å². The summed E-state index contributed by atoms with van der Waals surface area (Å²) in [6, 6.07) is 1.40. The van der Waals surface area contributed by atoms with Crippen LogP contribution < -0.4 is 10.0 Å². The number of likely N-dealkylation sites (tertiary alicyclic amines) is 1. The summed E-state index contributed by atoms with van der Waals surface area (Å²) >= 11 is 0. The largest absolute Gasteiger partial charge is 0.356 e. The third-order valence-corrected chi connectivity index (χ3v) is 4.87. The van der Waals surface area contributed by atoms with Crippen molar-refractivity contribution in [2.75, 3.05) is 32.7 Å². The molecule has 0 aromatic carbocycles. The third-order valence-electron chi connectivity index (χ3n) is 3.43. The van der Waals surface area contributed by atoms with Crippen molar-refractivity contribution in [3.05, 3.63) is 18.0 Å². The summed E-state index contributed by atoms with van der Waals surface area (Å²) < 4.78 is 26.6. The Hall–Kier alpha value is -1.09. The fraction of sp³-hybridized carbons (Fsp3) is 0.615. The Kier molecular flexibility index (Phi) is 7.34. The van der Waals surface area contributed by atoms with Crippen LogP contribution in [-0.2, 0) is 10.0 Å². The van der Waals surface area contributed by atoms with Gasteiger partial charge in [0, 0.05) is 32.4 Å². The maximum absolute atomic E-state index is 12.2. The molecule has 2 rings (SSSR count). The first-order chi connectivity index (χ1) is 10.0. The molecule has 1 aromatic heterocycles. The van der Waals surface area contributed by atoms with Crippen molar-refractivity contribution < 1.29 is 13.2 Å². The van der Waals surface area contributed by atoms with Crippen molar-refractivity contribution >= 4 is 28.3 Å². The van der Waals surface area contributed by atoms with Crippen LogP contribution in [0.4, 0.5) is 0 Å². The number of sulfonamides is 1. The van der Waals surface area contributed by atoms with Crippen LogP contribution in [-0.4, -0.2) is 56.9 Å². The van der Waals surface area contributed by atoms with E-state index in [0.717, 1.165) is 32.5 Å². The van der Waals surface area contributed by atoms with E-state index in [0.29, 0.717) is 18.8 Å². The van der Waals surface area contributed by atoms with Crippen LogP contribution in [0.1, 0.15) is 30.3 Å². The molecule has 0 bridgehead atoms. The highest BCUT2D eigenvalue weighted by atomic mass is 35.5. The van der Waals surface area contributed by atoms with E-state index in [1.165, 1.54) is 12.3 Å². The fourth-order valence-corrected chi connectivity index (χ4v) is 3.30. The quantitative estimate of drug-likeness (QED) is 0.626. The van der Waals surface area contributed by atoms with Crippen molar-refractivity contribution in [3.8, 4) is 0 Å². The first-order valence-corrected chi connectivity index (χ1v) is 8.71. The van der Waals surface area contributed by atoms with Crippen LogP contribution in [0.3, 0.4) is 0 Å². The first kappa shape index (κ1) is 19.0. The number of rotatable bonds is 7. The van der Waals surface area contributed by atoms with E-state index in [1.807, 2.05) is 6.92 Å². The number of hydrogen-bond acceptors (Lipinski definition) is 4. The molecule has 1 aromatic rings. The fourth-order valence-electron chi connectivity index (χ4n) is 2.28. The number of likely N-dealkylation sites (N-methyl/N-ethyl adjacent to an activating group) is 1. The second-order valence-corrected chi connectivity index (χ2v) is 6.77. The molecule has 0 aliphatic carbocycles. The molecule has 7 nitrogen and oxygen atoms in total. The second kappa shape index (κ2) is 8.52. The van der Waals surface area contributed by atoms with Gasteiger partial charge in [-0.05, 0) is 25.5 Å². The Labute approximate surface area is 137 Å². The van der Waals surface area contributed by atoms with E-state index in [9.17, 15) is 13.2 Å². The zero-order valence-corrected chi connectivity index (χ0v) is 14.2. The Bertz CT molecular complexity index is 582. The number of halogens is 1. The van der Waals surface area contributed by atoms with Crippen molar-refractivity contribution in [2.24, 2.45) is 0 Å². The van der Waals surface area contributed by atoms with Crippen LogP contribution in [0, 0.1) is 0 Å². The second-order valence-electron chi connectivity index (χ2n) is 5.00. The maximum Gasteiger partial charge on any atom is 0.270 e. The number of carbonyl (C=O) groups excluding carboxylic acids is 1. The van der Waals surface area contributed by atoms with Gasteiger partial charge in [-0.2, -0.15) is 0 Å². The van der Waals surface area contributed by atoms with Crippen LogP contribution >= 0.6 is 12.4 Å². The lowest BCUT2D eigenvalue weighted by molar-refractivity contribution is 0.0787. The zero-order chi connectivity index (χ0) is 15.3. The number of carbonyl (C=O) groups is 1. The molecule has 2 heterocycles. The van der Waals surface area contributed by atoms with Gasteiger partial charge in [-0.15, -0.1) is 12.4 Å². The van der Waals surface area contributed by atoms with E-state index in [-0.39, 0.29) is 23.2 Å². The summed E-state index contributed by atoms with van der Waals surface area (Å²) in [6.45, 7) is 5.11. The van der Waals surface area contributed by atoms with Crippen molar-refractivity contribution in [1.29, 1.82) is 0 Å². The number of amides is 1. The summed E-state index contributed by atoms with van der Waals surface area (Å²) in [4.78, 5) is 16.8. The molecule has 126 valence electrons. The van der Waals surface area contributed by atoms with Crippen LogP contribution in [0.25, 0.3) is 0 Å². The summed E-state index contributed by atoms with van der Waals surface area (Å²) in [5.41, 5.74) is 0.323. The molecule has 1 aliphatic heterocycles. The Morgan fingerprint density at radius 3 is 2.64 bits per heavy atom. The third kappa shape index (κ3) is 4.70. The molecule has 1 saturated heterocycles. The monoisotopic (exact) mass is 350 g/mol. The van der Waals surface area contributed by atoms with Gasteiger partial charge >= 0.3 is 0 Å². The minimum absolute atomic E-state index is 0. The molecule has 1 aliphatic rings. The molecule has 9 heteroatoms. The van der Waals surface area contributed by atoms with E-state index in [2.05, 4.69) is 15.0 Å². The lowest BCUT2D eigenvalue weighted by atomic mass is 10.4. The molecule has 0 atom stereocenters. The van der Waals surface area contributed by atoms with Crippen LogP contribution in [0.15, 0.2) is 17.2 Å². The first-order valence-electron chi connectivity index (χ1n) is 7.22. The van der Waals surface area contributed by atoms with Gasteiger partial charge in [0.05, 0.1) is 0 Å². The van der Waals surface area contributed by atoms with Gasteiger partial charge < -0.3 is 15.2 Å². The lowest BCUT2D eigenvalue weighted by Crippen LogP contribution is -2.31. The number of nitrogens with one attached hydrogen (secondary N) is 3. The van der Waals surface area contributed by atoms with Gasteiger partial charge in [0.25, 0.3) is 5.91 Å². The van der Waals surface area contributed by atoms with Crippen molar-refractivity contribution in [3.63, 3.8) is 0 Å². The number of aromatic amines is 1. The van der Waals surface area contributed by atoms with Gasteiger partial charge in [-0.3, -0.25) is 4.79 Å². The maximum atomic E-state index is 12.2. The zero-order valence-electron chi connectivity index (χ0n) is 12.6. The SMILES string of the molecule is CCNCCNS(=O)(=O)c1c[nH]c(C(=O)N2CCCC2)c1.Cl. The van der Waals surface area contributed by atoms with E-state index in [1.54, 1.807) is 4.90 Å². The molecule has 22 heavy (non-hydrogen) atoms. The summed E-state index contributed by atoms with van der Waals surface area (Å²) in [6.07, 6.45) is 3.37. The van der Waals surface area contributed by atoms with E-state index < -0.39 is 10.0 Å². The molecule has 0 spiro atoms. The topological polar surface area (TPSA) is 94.3 Å². The minimum Gasteiger partial charge on any atom is -0.356 e. The average Bonchev–Trinajstić information content (AvgIpc) is 3.13. The Balaban J connectivity index is 0.00000242. The highest BCUT2D eigenvalue weighted by Crippen LogP contribution is 2.15. The number of nitrogens with zero attached hydrogens (tertiary/aromatic N) is 1. The standard InChI is InChI=1S/C13H22N4O3S.ClH/c1-2-14-5-6-16-21(19,20)11-9-12(15-10-11)13(18)17-7-3-4-8-17;/h9-10,14-16H,2-8H2,1H3;1H. The molecule has 3 N–H and O–H groups in total. The van der Waals surface area contributed by atoms with E-state index >= 15 is 0 Å². The average molecular weight is 351 g/mol. The predicted molar refractivity (Wildman–Crippen MR) is 86.9 cm³/mol. The molecule has 1 amide bonds. The van der Waals surface area contributed by atoms with Gasteiger partial charge in [-0.25, -0.2) is 13.1 Å². The van der Waals surface area contributed by atoms with E-state index in [4.69, 9.17) is 0 Å². The van der Waals surface area contributed by atoms with Gasteiger partial charge in [0.15, 0.2) is 0 Å². The molecule has 0 saturated carbocycles. The summed E-state index contributed by atoms with van der Waals surface area (Å²) in [5, 5.41) is 3.04. The molecular weight excluding hydrogens is 328 g/mol. The number of aromatic nitrogens is 1. The lowest BCUT2D eigenvalue weighted by Gasteiger charge is -2.13. The molecule has 1 fully saturated rings. The van der Waals surface area contributed by atoms with Crippen LogP contribution in [0.2, 0.25) is 0 Å². The number of H-pyrrole nitrogens is 1. The Morgan fingerprint density at radius 1 is 1.32 bits per heavy atom. The van der Waals surface area contributed by atoms with Gasteiger partial charge in [0.2, 0.25) is 10.0 Å². The predicted octanol–water partition coefficient (Wildman–Crippen LogP) is 0.560. The van der Waals surface area contributed by atoms with Gasteiger partial charge in [0.1, 0.15) is 10.6 Å². The Morgan fingerprint density at radius 2 is 2.00 bits per heavy atom.